The summed E-state index contributed by atoms with van der Waals surface area (Å²) in [5, 5.41) is 8.66. The number of Topliss-reactive ketones (excluding diaryl/α,β-unsaturated/α-hetero) is 1. The number of carbonyl (C=O) groups is 1. The van der Waals surface area contributed by atoms with Crippen LogP contribution in [-0.4, -0.2) is 18.9 Å². The second-order valence-electron chi connectivity index (χ2n) is 4.80. The maximum Gasteiger partial charge on any atom is 0.150 e. The van der Waals surface area contributed by atoms with Crippen molar-refractivity contribution in [3.8, 4) is 6.07 Å². The van der Waals surface area contributed by atoms with Crippen molar-refractivity contribution in [3.05, 3.63) is 29.3 Å². The molecule has 0 spiro atoms. The van der Waals surface area contributed by atoms with Crippen LogP contribution < -0.4 is 4.90 Å². The summed E-state index contributed by atoms with van der Waals surface area (Å²) in [4.78, 5) is 12.9. The number of anilines is 1. The molecule has 1 saturated heterocycles. The third kappa shape index (κ3) is 2.73. The lowest BCUT2D eigenvalue weighted by Crippen LogP contribution is -2.39. The summed E-state index contributed by atoms with van der Waals surface area (Å²) in [5.74, 6) is -1.64. The Hall–Kier alpha value is -1.96. The van der Waals surface area contributed by atoms with Gasteiger partial charge in [-0.15, -0.1) is 0 Å². The first-order valence-corrected chi connectivity index (χ1v) is 6.17. The van der Waals surface area contributed by atoms with Crippen molar-refractivity contribution >= 4 is 11.5 Å². The lowest BCUT2D eigenvalue weighted by Gasteiger charge is -2.33. The van der Waals surface area contributed by atoms with Gasteiger partial charge >= 0.3 is 0 Å². The molecule has 1 atom stereocenters. The second-order valence-corrected chi connectivity index (χ2v) is 4.80. The van der Waals surface area contributed by atoms with Crippen LogP contribution in [0.2, 0.25) is 0 Å². The molecule has 1 aliphatic heterocycles. The molecule has 0 aromatic heterocycles. The quantitative estimate of drug-likeness (QED) is 0.824. The molecule has 3 nitrogen and oxygen atoms in total. The van der Waals surface area contributed by atoms with E-state index in [9.17, 15) is 13.6 Å². The summed E-state index contributed by atoms with van der Waals surface area (Å²) in [5.41, 5.74) is -0.177. The van der Waals surface area contributed by atoms with Gasteiger partial charge in [0.05, 0.1) is 11.6 Å². The Balaban J connectivity index is 2.32. The number of halogens is 2. The van der Waals surface area contributed by atoms with Gasteiger partial charge in [-0.05, 0) is 31.9 Å². The highest BCUT2D eigenvalue weighted by Crippen LogP contribution is 2.29. The predicted molar refractivity (Wildman–Crippen MR) is 66.7 cm³/mol. The number of carbonyl (C=O) groups excluding carboxylic acids is 1. The van der Waals surface area contributed by atoms with Crippen LogP contribution in [0.3, 0.4) is 0 Å². The minimum Gasteiger partial charge on any atom is -0.366 e. The average Bonchev–Trinajstić information content (AvgIpc) is 2.38. The Kier molecular flexibility index (Phi) is 3.79. The molecule has 1 unspecified atom stereocenters. The van der Waals surface area contributed by atoms with Crippen molar-refractivity contribution in [1.82, 2.24) is 0 Å². The number of piperidine rings is 1. The van der Waals surface area contributed by atoms with Crippen LogP contribution in [0, 0.1) is 28.9 Å². The monoisotopic (exact) mass is 264 g/mol. The number of benzene rings is 1. The summed E-state index contributed by atoms with van der Waals surface area (Å²) in [6.07, 6.45) is 1.48. The molecule has 1 aromatic carbocycles. The lowest BCUT2D eigenvalue weighted by atomic mass is 9.94. The minimum absolute atomic E-state index is 0.0409. The normalized spacial score (nSPS) is 19.1. The molecular formula is C14H14F2N2O. The van der Waals surface area contributed by atoms with Crippen molar-refractivity contribution in [2.75, 3.05) is 18.0 Å². The van der Waals surface area contributed by atoms with Crippen LogP contribution >= 0.6 is 0 Å². The largest absolute Gasteiger partial charge is 0.366 e. The Morgan fingerprint density at radius 3 is 2.58 bits per heavy atom. The van der Waals surface area contributed by atoms with Gasteiger partial charge < -0.3 is 4.90 Å². The van der Waals surface area contributed by atoms with Gasteiger partial charge in [0.15, 0.2) is 11.6 Å². The van der Waals surface area contributed by atoms with E-state index in [1.165, 1.54) is 6.92 Å². The summed E-state index contributed by atoms with van der Waals surface area (Å²) < 4.78 is 27.8. The van der Waals surface area contributed by atoms with Crippen LogP contribution in [0.15, 0.2) is 12.1 Å². The van der Waals surface area contributed by atoms with E-state index in [1.54, 1.807) is 11.0 Å². The number of hydrogen-bond donors (Lipinski definition) is 0. The first-order chi connectivity index (χ1) is 9.02. The van der Waals surface area contributed by atoms with Gasteiger partial charge in [0.25, 0.3) is 0 Å². The molecular weight excluding hydrogens is 250 g/mol. The van der Waals surface area contributed by atoms with Crippen molar-refractivity contribution in [2.45, 2.75) is 19.8 Å². The average molecular weight is 264 g/mol. The van der Waals surface area contributed by atoms with Gasteiger partial charge in [-0.1, -0.05) is 0 Å². The fourth-order valence-electron chi connectivity index (χ4n) is 2.44. The lowest BCUT2D eigenvalue weighted by molar-refractivity contribution is -0.120. The summed E-state index contributed by atoms with van der Waals surface area (Å²) in [6, 6.07) is 3.76. The van der Waals surface area contributed by atoms with E-state index in [2.05, 4.69) is 0 Å². The third-order valence-electron chi connectivity index (χ3n) is 3.46. The molecule has 0 N–H and O–H groups in total. The molecule has 2 rings (SSSR count). The third-order valence-corrected chi connectivity index (χ3v) is 3.46. The molecule has 0 amide bonds. The zero-order chi connectivity index (χ0) is 14.0. The van der Waals surface area contributed by atoms with Gasteiger partial charge in [-0.3, -0.25) is 4.79 Å². The molecule has 1 aromatic rings. The van der Waals surface area contributed by atoms with Crippen LogP contribution in [0.4, 0.5) is 14.5 Å². The molecule has 0 saturated carbocycles. The molecule has 1 heterocycles. The molecule has 0 radical (unpaired) electrons. The molecule has 1 aliphatic rings. The number of ketones is 1. The van der Waals surface area contributed by atoms with E-state index < -0.39 is 11.6 Å². The molecule has 5 heteroatoms. The number of rotatable bonds is 2. The van der Waals surface area contributed by atoms with Crippen LogP contribution in [0.25, 0.3) is 0 Å². The van der Waals surface area contributed by atoms with Crippen molar-refractivity contribution < 1.29 is 13.6 Å². The molecule has 0 aliphatic carbocycles. The fraction of sp³-hybridized carbons (Fsp3) is 0.429. The molecule has 1 fully saturated rings. The van der Waals surface area contributed by atoms with E-state index in [0.29, 0.717) is 13.1 Å². The zero-order valence-corrected chi connectivity index (χ0v) is 10.6. The zero-order valence-electron chi connectivity index (χ0n) is 10.6. The summed E-state index contributed by atoms with van der Waals surface area (Å²) >= 11 is 0. The SMILES string of the molecule is CC(=O)C1CCCN(c2c(F)cc(C#N)cc2F)C1. The Morgan fingerprint density at radius 2 is 2.05 bits per heavy atom. The second kappa shape index (κ2) is 5.35. The van der Waals surface area contributed by atoms with Crippen molar-refractivity contribution in [3.63, 3.8) is 0 Å². The summed E-state index contributed by atoms with van der Waals surface area (Å²) in [7, 11) is 0. The highest BCUT2D eigenvalue weighted by molar-refractivity contribution is 5.79. The van der Waals surface area contributed by atoms with E-state index in [4.69, 9.17) is 5.26 Å². The predicted octanol–water partition coefficient (Wildman–Crippen LogP) is 2.64. The van der Waals surface area contributed by atoms with E-state index in [-0.39, 0.29) is 23.0 Å². The number of nitrogens with zero attached hydrogens (tertiary/aromatic N) is 2. The Labute approximate surface area is 110 Å². The van der Waals surface area contributed by atoms with Crippen LogP contribution in [0.1, 0.15) is 25.3 Å². The van der Waals surface area contributed by atoms with E-state index in [0.717, 1.165) is 25.0 Å². The van der Waals surface area contributed by atoms with Crippen LogP contribution in [0.5, 0.6) is 0 Å². The minimum atomic E-state index is -0.749. The summed E-state index contributed by atoms with van der Waals surface area (Å²) in [6.45, 7) is 2.35. The van der Waals surface area contributed by atoms with Crippen molar-refractivity contribution in [2.24, 2.45) is 5.92 Å². The van der Waals surface area contributed by atoms with Gasteiger partial charge in [0.1, 0.15) is 11.5 Å². The molecule has 0 bridgehead atoms. The van der Waals surface area contributed by atoms with Crippen molar-refractivity contribution in [1.29, 1.82) is 5.26 Å². The standard InChI is InChI=1S/C14H14F2N2O/c1-9(19)11-3-2-4-18(8-11)14-12(15)5-10(7-17)6-13(14)16/h5-6,11H,2-4,8H2,1H3. The topological polar surface area (TPSA) is 44.1 Å². The highest BCUT2D eigenvalue weighted by Gasteiger charge is 2.27. The molecule has 19 heavy (non-hydrogen) atoms. The first kappa shape index (κ1) is 13.5. The van der Waals surface area contributed by atoms with E-state index in [1.807, 2.05) is 0 Å². The van der Waals surface area contributed by atoms with Gasteiger partial charge in [-0.2, -0.15) is 5.26 Å². The molecule has 100 valence electrons. The number of hydrogen-bond acceptors (Lipinski definition) is 3. The number of nitriles is 1. The fourth-order valence-corrected chi connectivity index (χ4v) is 2.44. The first-order valence-electron chi connectivity index (χ1n) is 6.17. The highest BCUT2D eigenvalue weighted by atomic mass is 19.1. The van der Waals surface area contributed by atoms with Gasteiger partial charge in [-0.25, -0.2) is 8.78 Å². The maximum absolute atomic E-state index is 13.9. The Bertz CT molecular complexity index is 528. The van der Waals surface area contributed by atoms with Gasteiger partial charge in [0, 0.05) is 19.0 Å². The van der Waals surface area contributed by atoms with Gasteiger partial charge in [0.2, 0.25) is 0 Å². The smallest absolute Gasteiger partial charge is 0.150 e. The van der Waals surface area contributed by atoms with E-state index >= 15 is 0 Å². The maximum atomic E-state index is 13.9. The Morgan fingerprint density at radius 1 is 1.42 bits per heavy atom. The van der Waals surface area contributed by atoms with Crippen LogP contribution in [-0.2, 0) is 4.79 Å².